The van der Waals surface area contributed by atoms with Crippen LogP contribution in [0.15, 0.2) is 41.4 Å². The highest BCUT2D eigenvalue weighted by atomic mass is 16.5. The van der Waals surface area contributed by atoms with Gasteiger partial charge in [-0.05, 0) is 36.8 Å². The number of methoxy groups -OCH3 is 2. The number of ether oxygens (including phenoxy) is 2. The number of phenolic OH excluding ortho intramolecular Hbond substituents is 1. The summed E-state index contributed by atoms with van der Waals surface area (Å²) < 4.78 is 10.3. The molecular weight excluding hydrogens is 254 g/mol. The van der Waals surface area contributed by atoms with Crippen LogP contribution in [0.25, 0.3) is 0 Å². The van der Waals surface area contributed by atoms with Crippen molar-refractivity contribution in [1.29, 1.82) is 0 Å². The van der Waals surface area contributed by atoms with E-state index in [0.29, 0.717) is 17.1 Å². The first-order valence-corrected chi connectivity index (χ1v) is 6.20. The summed E-state index contributed by atoms with van der Waals surface area (Å²) in [7, 11) is 3.12. The van der Waals surface area contributed by atoms with E-state index in [1.165, 1.54) is 7.11 Å². The molecule has 0 heterocycles. The molecule has 104 valence electrons. The number of rotatable bonds is 4. The van der Waals surface area contributed by atoms with Gasteiger partial charge in [0.25, 0.3) is 0 Å². The smallest absolute Gasteiger partial charge is 0.166 e. The number of aromatic hydroxyl groups is 1. The number of aliphatic imine (C=N–C) groups is 1. The maximum atomic E-state index is 10.0. The molecule has 0 aromatic heterocycles. The van der Waals surface area contributed by atoms with Crippen molar-refractivity contribution >= 4 is 11.9 Å². The first kappa shape index (κ1) is 13.9. The molecule has 0 amide bonds. The Balaban J connectivity index is 2.37. The number of aryl methyl sites for hydroxylation is 1. The Morgan fingerprint density at radius 2 is 1.80 bits per heavy atom. The van der Waals surface area contributed by atoms with Crippen molar-refractivity contribution in [1.82, 2.24) is 0 Å². The molecule has 2 aromatic carbocycles. The zero-order valence-electron chi connectivity index (χ0n) is 11.8. The molecule has 20 heavy (non-hydrogen) atoms. The van der Waals surface area contributed by atoms with E-state index in [9.17, 15) is 5.11 Å². The Bertz CT molecular complexity index is 636. The Hall–Kier alpha value is -2.49. The number of para-hydroxylation sites is 1. The summed E-state index contributed by atoms with van der Waals surface area (Å²) in [5.41, 5.74) is 2.40. The number of nitrogens with zero attached hydrogens (tertiary/aromatic N) is 1. The third kappa shape index (κ3) is 2.91. The summed E-state index contributed by atoms with van der Waals surface area (Å²) in [6.07, 6.45) is 1.59. The molecule has 0 bridgehead atoms. The second-order valence-electron chi connectivity index (χ2n) is 4.33. The molecular formula is C16H17NO3. The van der Waals surface area contributed by atoms with E-state index in [2.05, 4.69) is 4.99 Å². The van der Waals surface area contributed by atoms with Crippen LogP contribution in [0, 0.1) is 6.92 Å². The van der Waals surface area contributed by atoms with Gasteiger partial charge in [0, 0.05) is 11.8 Å². The SMILES string of the molecule is COc1ccc(C)cc1N=Cc1cccc(OC)c1O. The molecule has 0 spiro atoms. The standard InChI is InChI=1S/C16H17NO3/c1-11-7-8-14(19-2)13(9-11)17-10-12-5-4-6-15(20-3)16(12)18/h4-10,18H,1-3H3. The minimum absolute atomic E-state index is 0.0744. The van der Waals surface area contributed by atoms with E-state index in [4.69, 9.17) is 9.47 Å². The van der Waals surface area contributed by atoms with Gasteiger partial charge in [0.2, 0.25) is 0 Å². The summed E-state index contributed by atoms with van der Waals surface area (Å²) in [4.78, 5) is 4.38. The van der Waals surface area contributed by atoms with E-state index in [-0.39, 0.29) is 5.75 Å². The van der Waals surface area contributed by atoms with Crippen LogP contribution in [0.1, 0.15) is 11.1 Å². The van der Waals surface area contributed by atoms with Crippen molar-refractivity contribution in [2.75, 3.05) is 14.2 Å². The Morgan fingerprint density at radius 3 is 2.50 bits per heavy atom. The van der Waals surface area contributed by atoms with E-state index >= 15 is 0 Å². The lowest BCUT2D eigenvalue weighted by molar-refractivity contribution is 0.373. The maximum absolute atomic E-state index is 10.0. The van der Waals surface area contributed by atoms with Crippen LogP contribution in [0.4, 0.5) is 5.69 Å². The second-order valence-corrected chi connectivity index (χ2v) is 4.33. The Kier molecular flexibility index (Phi) is 4.25. The van der Waals surface area contributed by atoms with E-state index in [1.807, 2.05) is 25.1 Å². The highest BCUT2D eigenvalue weighted by Gasteiger charge is 2.06. The molecule has 0 aliphatic carbocycles. The first-order chi connectivity index (χ1) is 9.65. The van der Waals surface area contributed by atoms with Gasteiger partial charge in [0.05, 0.1) is 14.2 Å². The normalized spacial score (nSPS) is 10.8. The van der Waals surface area contributed by atoms with Crippen molar-refractivity contribution in [3.8, 4) is 17.2 Å². The van der Waals surface area contributed by atoms with Gasteiger partial charge in [-0.3, -0.25) is 4.99 Å². The summed E-state index contributed by atoms with van der Waals surface area (Å²) in [5, 5.41) is 10.0. The number of hydrogen-bond acceptors (Lipinski definition) is 4. The lowest BCUT2D eigenvalue weighted by atomic mass is 10.2. The van der Waals surface area contributed by atoms with Crippen molar-refractivity contribution in [3.05, 3.63) is 47.5 Å². The number of hydrogen-bond donors (Lipinski definition) is 1. The molecule has 0 atom stereocenters. The van der Waals surface area contributed by atoms with Crippen LogP contribution < -0.4 is 9.47 Å². The topological polar surface area (TPSA) is 51.0 Å². The average Bonchev–Trinajstić information content (AvgIpc) is 2.46. The van der Waals surface area contributed by atoms with Crippen molar-refractivity contribution in [2.24, 2.45) is 4.99 Å². The molecule has 4 heteroatoms. The summed E-state index contributed by atoms with van der Waals surface area (Å²) >= 11 is 0. The molecule has 0 saturated heterocycles. The minimum Gasteiger partial charge on any atom is -0.504 e. The molecule has 0 aliphatic rings. The molecule has 0 fully saturated rings. The molecule has 0 unspecified atom stereocenters. The molecule has 0 aliphatic heterocycles. The highest BCUT2D eigenvalue weighted by Crippen LogP contribution is 2.31. The van der Waals surface area contributed by atoms with Crippen LogP contribution in [0.2, 0.25) is 0 Å². The van der Waals surface area contributed by atoms with Gasteiger partial charge in [-0.2, -0.15) is 0 Å². The number of benzene rings is 2. The predicted octanol–water partition coefficient (Wildman–Crippen LogP) is 3.47. The van der Waals surface area contributed by atoms with Crippen molar-refractivity contribution in [3.63, 3.8) is 0 Å². The van der Waals surface area contributed by atoms with E-state index < -0.39 is 0 Å². The molecule has 0 radical (unpaired) electrons. The third-order valence-corrected chi connectivity index (χ3v) is 2.93. The zero-order chi connectivity index (χ0) is 14.5. The fourth-order valence-electron chi connectivity index (χ4n) is 1.85. The van der Waals surface area contributed by atoms with Gasteiger partial charge in [-0.15, -0.1) is 0 Å². The molecule has 2 aromatic rings. The highest BCUT2D eigenvalue weighted by molar-refractivity contribution is 5.87. The largest absolute Gasteiger partial charge is 0.504 e. The molecule has 0 saturated carbocycles. The summed E-state index contributed by atoms with van der Waals surface area (Å²) in [6, 6.07) is 11.0. The van der Waals surface area contributed by atoms with Crippen molar-refractivity contribution < 1.29 is 14.6 Å². The van der Waals surface area contributed by atoms with Crippen molar-refractivity contribution in [2.45, 2.75) is 6.92 Å². The monoisotopic (exact) mass is 271 g/mol. The zero-order valence-corrected chi connectivity index (χ0v) is 11.8. The lowest BCUT2D eigenvalue weighted by Gasteiger charge is -2.06. The van der Waals surface area contributed by atoms with Gasteiger partial charge < -0.3 is 14.6 Å². The molecule has 4 nitrogen and oxygen atoms in total. The first-order valence-electron chi connectivity index (χ1n) is 6.20. The van der Waals surface area contributed by atoms with E-state index in [1.54, 1.807) is 31.5 Å². The maximum Gasteiger partial charge on any atom is 0.166 e. The lowest BCUT2D eigenvalue weighted by Crippen LogP contribution is -1.89. The Morgan fingerprint density at radius 1 is 1.05 bits per heavy atom. The van der Waals surface area contributed by atoms with Gasteiger partial charge >= 0.3 is 0 Å². The summed E-state index contributed by atoms with van der Waals surface area (Å²) in [6.45, 7) is 1.99. The fourth-order valence-corrected chi connectivity index (χ4v) is 1.85. The van der Waals surface area contributed by atoms with Crippen LogP contribution in [0.3, 0.4) is 0 Å². The van der Waals surface area contributed by atoms with E-state index in [0.717, 1.165) is 11.3 Å². The predicted molar refractivity (Wildman–Crippen MR) is 79.6 cm³/mol. The van der Waals surface area contributed by atoms with Crippen LogP contribution in [-0.2, 0) is 0 Å². The van der Waals surface area contributed by atoms with Crippen LogP contribution >= 0.6 is 0 Å². The summed E-state index contributed by atoms with van der Waals surface area (Å²) in [5.74, 6) is 1.18. The third-order valence-electron chi connectivity index (χ3n) is 2.93. The van der Waals surface area contributed by atoms with Crippen LogP contribution in [-0.4, -0.2) is 25.5 Å². The quantitative estimate of drug-likeness (QED) is 0.866. The Labute approximate surface area is 118 Å². The van der Waals surface area contributed by atoms with Gasteiger partial charge in [0.15, 0.2) is 11.5 Å². The van der Waals surface area contributed by atoms with Crippen LogP contribution in [0.5, 0.6) is 17.2 Å². The number of phenols is 1. The average molecular weight is 271 g/mol. The second kappa shape index (κ2) is 6.10. The fraction of sp³-hybridized carbons (Fsp3) is 0.188. The minimum atomic E-state index is 0.0744. The van der Waals surface area contributed by atoms with Gasteiger partial charge in [-0.1, -0.05) is 12.1 Å². The van der Waals surface area contributed by atoms with Gasteiger partial charge in [-0.25, -0.2) is 0 Å². The van der Waals surface area contributed by atoms with Gasteiger partial charge in [0.1, 0.15) is 11.4 Å². The molecule has 1 N–H and O–H groups in total. The molecule has 2 rings (SSSR count).